The van der Waals surface area contributed by atoms with Gasteiger partial charge >= 0.3 is 5.97 Å². The predicted molar refractivity (Wildman–Crippen MR) is 66.9 cm³/mol. The third kappa shape index (κ3) is 3.13. The second-order valence-corrected chi connectivity index (χ2v) is 5.44. The van der Waals surface area contributed by atoms with Gasteiger partial charge in [0.25, 0.3) is 0 Å². The van der Waals surface area contributed by atoms with Crippen molar-refractivity contribution in [2.45, 2.75) is 16.0 Å². The monoisotopic (exact) mass is 407 g/mol. The molecule has 13 heavy (non-hydrogen) atoms. The molecule has 1 heterocycles. The van der Waals surface area contributed by atoms with Gasteiger partial charge in [0, 0.05) is 35.2 Å². The van der Waals surface area contributed by atoms with Crippen molar-refractivity contribution in [2.75, 3.05) is 0 Å². The molecule has 0 aromatic heterocycles. The number of alkyl halides is 1. The summed E-state index contributed by atoms with van der Waals surface area (Å²) in [5.41, 5.74) is 5.39. The molecule has 0 aromatic carbocycles. The smallest absolute Gasteiger partial charge is 0.320 e. The lowest BCUT2D eigenvalue weighted by Crippen LogP contribution is -2.37. The fourth-order valence-corrected chi connectivity index (χ4v) is 2.73. The van der Waals surface area contributed by atoms with Crippen molar-refractivity contribution in [1.29, 1.82) is 0 Å². The van der Waals surface area contributed by atoms with Gasteiger partial charge in [0.15, 0.2) is 7.39 Å². The van der Waals surface area contributed by atoms with Gasteiger partial charge < -0.3 is 10.8 Å². The zero-order valence-corrected chi connectivity index (χ0v) is 10.8. The van der Waals surface area contributed by atoms with E-state index >= 15 is 0 Å². The summed E-state index contributed by atoms with van der Waals surface area (Å²) in [5.74, 6) is -1.01. The van der Waals surface area contributed by atoms with Crippen molar-refractivity contribution >= 4 is 61.2 Å². The normalized spacial score (nSPS) is 28.7. The van der Waals surface area contributed by atoms with E-state index in [1.54, 1.807) is 6.21 Å². The molecule has 1 unspecified atom stereocenters. The first-order valence-corrected chi connectivity index (χ1v) is 5.56. The van der Waals surface area contributed by atoms with Crippen LogP contribution in [0.2, 0.25) is 0 Å². The van der Waals surface area contributed by atoms with Crippen LogP contribution < -0.4 is 5.73 Å². The average Bonchev–Trinajstić information content (AvgIpc) is 2.30. The number of aliphatic imine (C=N–C) groups is 2. The van der Waals surface area contributed by atoms with Crippen LogP contribution in [0, 0.1) is 0 Å². The third-order valence-corrected chi connectivity index (χ3v) is 2.95. The standard InChI is InChI=1S/C6H7I2N3O2/c7-5-10-2-6(8,11-5)1-3(9)4(12)13/h2-3H,1,9H2,(H,12,13)/t3-,6?/m0/s1. The Bertz CT molecular complexity index is 292. The van der Waals surface area contributed by atoms with Crippen LogP contribution in [-0.4, -0.2) is 30.7 Å². The van der Waals surface area contributed by atoms with Gasteiger partial charge in [0.2, 0.25) is 0 Å². The molecular weight excluding hydrogens is 400 g/mol. The zero-order valence-electron chi connectivity index (χ0n) is 6.44. The lowest BCUT2D eigenvalue weighted by atomic mass is 10.1. The summed E-state index contributed by atoms with van der Waals surface area (Å²) in [6.45, 7) is 0. The molecule has 0 fully saturated rings. The topological polar surface area (TPSA) is 88.0 Å². The molecule has 0 radical (unpaired) electrons. The van der Waals surface area contributed by atoms with E-state index in [1.165, 1.54) is 0 Å². The van der Waals surface area contributed by atoms with Crippen molar-refractivity contribution in [2.24, 2.45) is 15.7 Å². The molecule has 1 aliphatic rings. The molecular formula is C6H7I2N3O2. The van der Waals surface area contributed by atoms with Gasteiger partial charge in [0.1, 0.15) is 6.04 Å². The Morgan fingerprint density at radius 2 is 2.46 bits per heavy atom. The van der Waals surface area contributed by atoms with Crippen LogP contribution in [0.3, 0.4) is 0 Å². The van der Waals surface area contributed by atoms with Gasteiger partial charge in [-0.25, -0.2) is 9.98 Å². The lowest BCUT2D eigenvalue weighted by Gasteiger charge is -2.16. The molecule has 1 rings (SSSR count). The number of carboxylic acid groups (broad SMARTS) is 1. The van der Waals surface area contributed by atoms with Gasteiger partial charge in [-0.2, -0.15) is 0 Å². The highest BCUT2D eigenvalue weighted by molar-refractivity contribution is 14.1. The van der Waals surface area contributed by atoms with E-state index in [0.29, 0.717) is 3.84 Å². The van der Waals surface area contributed by atoms with Crippen LogP contribution in [0.25, 0.3) is 0 Å². The number of nitrogens with two attached hydrogens (primary N) is 1. The van der Waals surface area contributed by atoms with E-state index in [9.17, 15) is 4.79 Å². The van der Waals surface area contributed by atoms with Crippen LogP contribution in [0.1, 0.15) is 6.42 Å². The fourth-order valence-electron chi connectivity index (χ4n) is 0.857. The maximum absolute atomic E-state index is 10.5. The van der Waals surface area contributed by atoms with Crippen LogP contribution in [0.15, 0.2) is 9.98 Å². The molecule has 0 saturated heterocycles. The van der Waals surface area contributed by atoms with Crippen LogP contribution in [0.4, 0.5) is 0 Å². The van der Waals surface area contributed by atoms with E-state index in [-0.39, 0.29) is 6.42 Å². The van der Waals surface area contributed by atoms with Crippen LogP contribution in [-0.2, 0) is 4.79 Å². The van der Waals surface area contributed by atoms with Crippen molar-refractivity contribution < 1.29 is 9.90 Å². The summed E-state index contributed by atoms with van der Waals surface area (Å²) in [6.07, 6.45) is 1.89. The summed E-state index contributed by atoms with van der Waals surface area (Å²) in [4.78, 5) is 18.6. The SMILES string of the molecule is N[C@@H](CC1(I)C=NC(I)=N1)C(=O)O. The van der Waals surface area contributed by atoms with Crippen molar-refractivity contribution in [3.05, 3.63) is 0 Å². The van der Waals surface area contributed by atoms with Gasteiger partial charge in [-0.15, -0.1) is 0 Å². The summed E-state index contributed by atoms with van der Waals surface area (Å²) in [7, 11) is 0. The highest BCUT2D eigenvalue weighted by Gasteiger charge is 2.32. The number of nitrogens with zero attached hydrogens (tertiary/aromatic N) is 2. The van der Waals surface area contributed by atoms with Crippen molar-refractivity contribution in [3.8, 4) is 0 Å². The van der Waals surface area contributed by atoms with Crippen molar-refractivity contribution in [1.82, 2.24) is 0 Å². The Hall–Kier alpha value is 0.230. The minimum Gasteiger partial charge on any atom is -0.480 e. The number of rotatable bonds is 3. The molecule has 0 bridgehead atoms. The average molecular weight is 407 g/mol. The van der Waals surface area contributed by atoms with E-state index in [0.717, 1.165) is 0 Å². The fraction of sp³-hybridized carbons (Fsp3) is 0.500. The second-order valence-electron chi connectivity index (χ2n) is 2.61. The van der Waals surface area contributed by atoms with E-state index in [1.807, 2.05) is 45.2 Å². The molecule has 0 aromatic rings. The first kappa shape index (κ1) is 11.3. The van der Waals surface area contributed by atoms with Crippen LogP contribution >= 0.6 is 45.2 Å². The predicted octanol–water partition coefficient (Wildman–Crippen LogP) is 0.795. The lowest BCUT2D eigenvalue weighted by molar-refractivity contribution is -0.138. The first-order valence-electron chi connectivity index (χ1n) is 3.41. The molecule has 0 aliphatic carbocycles. The van der Waals surface area contributed by atoms with Gasteiger partial charge in [-0.3, -0.25) is 4.79 Å². The highest BCUT2D eigenvalue weighted by atomic mass is 127. The molecule has 0 amide bonds. The minimum absolute atomic E-state index is 0.263. The number of carbonyl (C=O) groups is 1. The number of hydrogen-bond acceptors (Lipinski definition) is 4. The highest BCUT2D eigenvalue weighted by Crippen LogP contribution is 2.29. The minimum atomic E-state index is -1.01. The molecule has 2 atom stereocenters. The molecule has 0 spiro atoms. The Balaban J connectivity index is 2.65. The molecule has 1 aliphatic heterocycles. The summed E-state index contributed by atoms with van der Waals surface area (Å²) >= 11 is 4.02. The second kappa shape index (κ2) is 4.17. The molecule has 0 saturated carbocycles. The first-order chi connectivity index (χ1) is 5.93. The van der Waals surface area contributed by atoms with E-state index in [2.05, 4.69) is 9.98 Å². The van der Waals surface area contributed by atoms with Gasteiger partial charge in [0.05, 0.1) is 0 Å². The summed E-state index contributed by atoms with van der Waals surface area (Å²) in [5, 5.41) is 8.60. The maximum atomic E-state index is 10.5. The Labute approximate surface area is 102 Å². The number of aliphatic carboxylic acids is 1. The molecule has 72 valence electrons. The van der Waals surface area contributed by atoms with Crippen molar-refractivity contribution in [3.63, 3.8) is 0 Å². The summed E-state index contributed by atoms with van der Waals surface area (Å²) in [6, 6.07) is -0.894. The molecule has 3 N–H and O–H groups in total. The maximum Gasteiger partial charge on any atom is 0.320 e. The summed E-state index contributed by atoms with van der Waals surface area (Å²) < 4.78 is 0.0520. The number of hydrogen-bond donors (Lipinski definition) is 2. The largest absolute Gasteiger partial charge is 0.480 e. The zero-order chi connectivity index (χ0) is 10.1. The molecule has 5 nitrogen and oxygen atoms in total. The van der Waals surface area contributed by atoms with E-state index in [4.69, 9.17) is 10.8 Å². The Kier molecular flexibility index (Phi) is 3.63. The third-order valence-electron chi connectivity index (χ3n) is 1.47. The van der Waals surface area contributed by atoms with Gasteiger partial charge in [-0.1, -0.05) is 0 Å². The Morgan fingerprint density at radius 1 is 1.85 bits per heavy atom. The molecule has 7 heteroatoms. The number of halogens is 2. The van der Waals surface area contributed by atoms with E-state index < -0.39 is 15.6 Å². The number of amidine groups is 1. The number of carboxylic acids is 1. The quantitative estimate of drug-likeness (QED) is 0.412. The van der Waals surface area contributed by atoms with Gasteiger partial charge in [-0.05, 0) is 22.6 Å². The Morgan fingerprint density at radius 3 is 2.85 bits per heavy atom. The van der Waals surface area contributed by atoms with Crippen LogP contribution in [0.5, 0.6) is 0 Å².